The maximum Gasteiger partial charge on any atom is 0.227 e. The van der Waals surface area contributed by atoms with Crippen molar-refractivity contribution in [2.24, 2.45) is 0 Å². The van der Waals surface area contributed by atoms with Crippen LogP contribution in [0.4, 0.5) is 11.8 Å². The van der Waals surface area contributed by atoms with Crippen molar-refractivity contribution in [3.63, 3.8) is 0 Å². The van der Waals surface area contributed by atoms with Crippen LogP contribution >= 0.6 is 11.8 Å². The Morgan fingerprint density at radius 1 is 1.26 bits per heavy atom. The van der Waals surface area contributed by atoms with Crippen LogP contribution in [0.15, 0.2) is 33.0 Å². The van der Waals surface area contributed by atoms with Gasteiger partial charge in [0, 0.05) is 44.5 Å². The highest BCUT2D eigenvalue weighted by atomic mass is 32.2. The highest BCUT2D eigenvalue weighted by molar-refractivity contribution is 7.99. The summed E-state index contributed by atoms with van der Waals surface area (Å²) in [6.45, 7) is 4.02. The monoisotopic (exact) mass is 332 g/mol. The Kier molecular flexibility index (Phi) is 4.09. The molecule has 1 aliphatic carbocycles. The van der Waals surface area contributed by atoms with Gasteiger partial charge in [-0.05, 0) is 31.7 Å². The van der Waals surface area contributed by atoms with E-state index in [2.05, 4.69) is 32.3 Å². The Morgan fingerprint density at radius 2 is 2.09 bits per heavy atom. The van der Waals surface area contributed by atoms with E-state index in [-0.39, 0.29) is 0 Å². The Hall–Kier alpha value is -1.80. The van der Waals surface area contributed by atoms with Gasteiger partial charge in [0.05, 0.1) is 11.1 Å². The maximum atomic E-state index is 5.19. The lowest BCUT2D eigenvalue weighted by Crippen LogP contribution is -2.45. The molecule has 0 atom stereocenters. The molecule has 2 fully saturated rings. The fourth-order valence-corrected chi connectivity index (χ4v) is 3.22. The molecule has 7 nitrogen and oxygen atoms in total. The SMILES string of the molecule is CN1CCN(c2ncc(Sc3ccno3)c(NC3CC3)n2)CC1. The molecule has 2 aliphatic rings. The maximum absolute atomic E-state index is 5.19. The molecule has 1 aliphatic heterocycles. The summed E-state index contributed by atoms with van der Waals surface area (Å²) in [5, 5.41) is 8.01. The summed E-state index contributed by atoms with van der Waals surface area (Å²) < 4.78 is 5.19. The molecule has 0 aromatic carbocycles. The summed E-state index contributed by atoms with van der Waals surface area (Å²) >= 11 is 1.50. The van der Waals surface area contributed by atoms with Gasteiger partial charge in [0.15, 0.2) is 5.09 Å². The van der Waals surface area contributed by atoms with Gasteiger partial charge in [0.2, 0.25) is 5.95 Å². The number of nitrogens with zero attached hydrogens (tertiary/aromatic N) is 5. The molecule has 1 saturated heterocycles. The summed E-state index contributed by atoms with van der Waals surface area (Å²) in [6.07, 6.45) is 5.95. The molecule has 122 valence electrons. The predicted octanol–water partition coefficient (Wildman–Crippen LogP) is 1.94. The van der Waals surface area contributed by atoms with Crippen molar-refractivity contribution in [1.82, 2.24) is 20.0 Å². The molecule has 2 aromatic rings. The molecule has 3 heterocycles. The minimum atomic E-state index is 0.541. The topological polar surface area (TPSA) is 70.3 Å². The second kappa shape index (κ2) is 6.37. The first-order valence-electron chi connectivity index (χ1n) is 7.93. The average molecular weight is 332 g/mol. The largest absolute Gasteiger partial charge is 0.366 e. The van der Waals surface area contributed by atoms with Crippen LogP contribution in [0.2, 0.25) is 0 Å². The fourth-order valence-electron chi connectivity index (χ4n) is 2.48. The van der Waals surface area contributed by atoms with Crippen molar-refractivity contribution in [2.75, 3.05) is 43.4 Å². The number of anilines is 2. The first kappa shape index (κ1) is 14.8. The van der Waals surface area contributed by atoms with Crippen LogP contribution in [0.3, 0.4) is 0 Å². The van der Waals surface area contributed by atoms with Crippen LogP contribution in [0.1, 0.15) is 12.8 Å². The van der Waals surface area contributed by atoms with Crippen LogP contribution in [-0.2, 0) is 0 Å². The number of hydrogen-bond acceptors (Lipinski definition) is 8. The second-order valence-corrected chi connectivity index (χ2v) is 7.07. The van der Waals surface area contributed by atoms with Crippen LogP contribution < -0.4 is 10.2 Å². The van der Waals surface area contributed by atoms with E-state index >= 15 is 0 Å². The summed E-state index contributed by atoms with van der Waals surface area (Å²) in [5.74, 6) is 1.71. The lowest BCUT2D eigenvalue weighted by Gasteiger charge is -2.32. The zero-order valence-corrected chi connectivity index (χ0v) is 13.9. The van der Waals surface area contributed by atoms with Gasteiger partial charge in [-0.15, -0.1) is 0 Å². The number of piperazine rings is 1. The van der Waals surface area contributed by atoms with Crippen molar-refractivity contribution in [2.45, 2.75) is 28.9 Å². The Labute approximate surface area is 139 Å². The number of likely N-dealkylation sites (N-methyl/N-ethyl adjacent to an activating group) is 1. The van der Waals surface area contributed by atoms with Gasteiger partial charge in [-0.25, -0.2) is 4.98 Å². The Balaban J connectivity index is 1.56. The van der Waals surface area contributed by atoms with Gasteiger partial charge < -0.3 is 19.6 Å². The van der Waals surface area contributed by atoms with Crippen molar-refractivity contribution >= 4 is 23.5 Å². The first-order chi connectivity index (χ1) is 11.3. The first-order valence-corrected chi connectivity index (χ1v) is 8.75. The normalized spacial score (nSPS) is 19.1. The zero-order valence-electron chi connectivity index (χ0n) is 13.1. The van der Waals surface area contributed by atoms with Crippen LogP contribution in [0.5, 0.6) is 0 Å². The second-order valence-electron chi connectivity index (χ2n) is 6.03. The smallest absolute Gasteiger partial charge is 0.227 e. The third-order valence-electron chi connectivity index (χ3n) is 4.07. The fraction of sp³-hybridized carbons (Fsp3) is 0.533. The van der Waals surface area contributed by atoms with Gasteiger partial charge in [-0.3, -0.25) is 0 Å². The molecule has 0 amide bonds. The molecule has 1 N–H and O–H groups in total. The van der Waals surface area contributed by atoms with Crippen LogP contribution in [0, 0.1) is 0 Å². The Bertz CT molecular complexity index is 652. The van der Waals surface area contributed by atoms with E-state index < -0.39 is 0 Å². The molecule has 8 heteroatoms. The summed E-state index contributed by atoms with van der Waals surface area (Å²) in [4.78, 5) is 14.9. The summed E-state index contributed by atoms with van der Waals surface area (Å²) in [7, 11) is 2.15. The molecule has 0 radical (unpaired) electrons. The molecular formula is C15H20N6OS. The van der Waals surface area contributed by atoms with E-state index in [0.29, 0.717) is 6.04 Å². The van der Waals surface area contributed by atoms with Crippen LogP contribution in [-0.4, -0.2) is 59.3 Å². The highest BCUT2D eigenvalue weighted by Crippen LogP contribution is 2.35. The van der Waals surface area contributed by atoms with E-state index in [9.17, 15) is 0 Å². The molecule has 0 bridgehead atoms. The van der Waals surface area contributed by atoms with Crippen molar-refractivity contribution in [1.29, 1.82) is 0 Å². The van der Waals surface area contributed by atoms with E-state index in [4.69, 9.17) is 9.51 Å². The van der Waals surface area contributed by atoms with Gasteiger partial charge in [-0.2, -0.15) is 4.98 Å². The number of hydrogen-bond donors (Lipinski definition) is 1. The van der Waals surface area contributed by atoms with Crippen LogP contribution in [0.25, 0.3) is 0 Å². The Morgan fingerprint density at radius 3 is 2.78 bits per heavy atom. The number of nitrogens with one attached hydrogen (secondary N) is 1. The number of aromatic nitrogens is 3. The third-order valence-corrected chi connectivity index (χ3v) is 5.00. The predicted molar refractivity (Wildman–Crippen MR) is 89.0 cm³/mol. The van der Waals surface area contributed by atoms with Crippen molar-refractivity contribution < 1.29 is 4.52 Å². The molecule has 4 rings (SSSR count). The van der Waals surface area contributed by atoms with Gasteiger partial charge in [0.25, 0.3) is 0 Å². The molecule has 2 aromatic heterocycles. The average Bonchev–Trinajstić information content (AvgIpc) is 3.23. The quantitative estimate of drug-likeness (QED) is 0.891. The number of rotatable bonds is 5. The standard InChI is InChI=1S/C15H20N6OS/c1-20-6-8-21(9-7-20)15-16-10-12(23-13-4-5-17-22-13)14(19-15)18-11-2-3-11/h4-5,10-11H,2-3,6-9H2,1H3,(H,16,18,19). The molecule has 0 spiro atoms. The van der Waals surface area contributed by atoms with Gasteiger partial charge in [0.1, 0.15) is 5.82 Å². The van der Waals surface area contributed by atoms with E-state index in [0.717, 1.165) is 47.9 Å². The lowest BCUT2D eigenvalue weighted by atomic mass is 10.3. The third kappa shape index (κ3) is 3.59. The molecule has 1 saturated carbocycles. The molecule has 23 heavy (non-hydrogen) atoms. The van der Waals surface area contributed by atoms with Crippen molar-refractivity contribution in [3.8, 4) is 0 Å². The minimum Gasteiger partial charge on any atom is -0.366 e. The summed E-state index contributed by atoms with van der Waals surface area (Å²) in [5.41, 5.74) is 0. The summed E-state index contributed by atoms with van der Waals surface area (Å²) in [6, 6.07) is 2.39. The van der Waals surface area contributed by atoms with E-state index in [1.807, 2.05) is 12.3 Å². The van der Waals surface area contributed by atoms with E-state index in [1.54, 1.807) is 6.20 Å². The van der Waals surface area contributed by atoms with Crippen molar-refractivity contribution in [3.05, 3.63) is 18.5 Å². The van der Waals surface area contributed by atoms with E-state index in [1.165, 1.54) is 24.6 Å². The van der Waals surface area contributed by atoms with Gasteiger partial charge in [-0.1, -0.05) is 5.16 Å². The highest BCUT2D eigenvalue weighted by Gasteiger charge is 2.25. The molecule has 0 unspecified atom stereocenters. The molecular weight excluding hydrogens is 312 g/mol. The lowest BCUT2D eigenvalue weighted by molar-refractivity contribution is 0.311. The minimum absolute atomic E-state index is 0.541. The van der Waals surface area contributed by atoms with Gasteiger partial charge >= 0.3 is 0 Å². The zero-order chi connectivity index (χ0) is 15.6.